The normalized spacial score (nSPS) is 18.4. The molecule has 1 fully saturated rings. The molecule has 20 heavy (non-hydrogen) atoms. The third-order valence-electron chi connectivity index (χ3n) is 3.73. The number of aliphatic carboxylic acids is 1. The molecule has 2 heterocycles. The lowest BCUT2D eigenvalue weighted by molar-refractivity contribution is -0.137. The summed E-state index contributed by atoms with van der Waals surface area (Å²) in [7, 11) is 0. The third-order valence-corrected chi connectivity index (χ3v) is 4.62. The minimum atomic E-state index is -0.894. The Balaban J connectivity index is 2.02. The maximum atomic E-state index is 12.4. The van der Waals surface area contributed by atoms with Gasteiger partial charge < -0.3 is 10.0 Å². The zero-order chi connectivity index (χ0) is 14.4. The van der Waals surface area contributed by atoms with Crippen LogP contribution in [0.15, 0.2) is 17.5 Å². The Hall–Kier alpha value is -1.20. The number of carbonyl (C=O) groups excluding carboxylic acids is 1. The van der Waals surface area contributed by atoms with Crippen LogP contribution in [0.4, 0.5) is 0 Å². The highest BCUT2D eigenvalue weighted by atomic mass is 32.1. The van der Waals surface area contributed by atoms with Crippen LogP contribution in [0.2, 0.25) is 0 Å². The number of Topliss-reactive ketones (excluding diaryl/α,β-unsaturated/α-hetero) is 1. The van der Waals surface area contributed by atoms with Gasteiger partial charge in [-0.25, -0.2) is 0 Å². The van der Waals surface area contributed by atoms with Crippen molar-refractivity contribution in [3.8, 4) is 0 Å². The number of nitrogens with zero attached hydrogens (tertiary/aromatic N) is 1. The molecule has 0 saturated carbocycles. The monoisotopic (exact) mass is 295 g/mol. The number of ketones is 1. The van der Waals surface area contributed by atoms with Gasteiger partial charge in [-0.05, 0) is 37.4 Å². The maximum absolute atomic E-state index is 12.4. The van der Waals surface area contributed by atoms with Gasteiger partial charge in [-0.15, -0.1) is 11.3 Å². The summed E-state index contributed by atoms with van der Waals surface area (Å²) in [5.41, 5.74) is 0. The molecular formula is C15H21NO3S. The van der Waals surface area contributed by atoms with E-state index in [-0.39, 0.29) is 12.2 Å². The average Bonchev–Trinajstić information content (AvgIpc) is 2.82. The zero-order valence-corrected chi connectivity index (χ0v) is 12.4. The second-order valence-electron chi connectivity index (χ2n) is 5.35. The topological polar surface area (TPSA) is 57.6 Å². The molecule has 0 aliphatic carbocycles. The first-order valence-electron chi connectivity index (χ1n) is 7.18. The van der Waals surface area contributed by atoms with Crippen LogP contribution < -0.4 is 0 Å². The molecule has 2 rings (SSSR count). The summed E-state index contributed by atoms with van der Waals surface area (Å²) < 4.78 is 0. The summed E-state index contributed by atoms with van der Waals surface area (Å²) in [5.74, 6) is -1.34. The number of hydrogen-bond acceptors (Lipinski definition) is 4. The molecule has 0 bridgehead atoms. The van der Waals surface area contributed by atoms with Crippen molar-refractivity contribution in [1.82, 2.24) is 4.90 Å². The van der Waals surface area contributed by atoms with Crippen molar-refractivity contribution in [3.63, 3.8) is 0 Å². The fraction of sp³-hybridized carbons (Fsp3) is 0.600. The predicted molar refractivity (Wildman–Crippen MR) is 79.3 cm³/mol. The van der Waals surface area contributed by atoms with E-state index in [0.29, 0.717) is 11.4 Å². The molecule has 1 unspecified atom stereocenters. The van der Waals surface area contributed by atoms with Crippen LogP contribution in [0.3, 0.4) is 0 Å². The predicted octanol–water partition coefficient (Wildman–Crippen LogP) is 2.90. The van der Waals surface area contributed by atoms with Crippen LogP contribution in [0.25, 0.3) is 0 Å². The molecule has 1 saturated heterocycles. The van der Waals surface area contributed by atoms with Gasteiger partial charge in [-0.2, -0.15) is 0 Å². The highest BCUT2D eigenvalue weighted by Crippen LogP contribution is 2.20. The Labute approximate surface area is 123 Å². The molecule has 1 aromatic heterocycles. The van der Waals surface area contributed by atoms with Crippen LogP contribution in [0, 0.1) is 5.92 Å². The SMILES string of the molecule is O=C(O)CC(CN1CCCCCC1)C(=O)c1cccs1. The summed E-state index contributed by atoms with van der Waals surface area (Å²) in [4.78, 5) is 26.4. The number of carboxylic acid groups (broad SMARTS) is 1. The van der Waals surface area contributed by atoms with E-state index in [1.54, 1.807) is 6.07 Å². The van der Waals surface area contributed by atoms with Crippen molar-refractivity contribution in [3.05, 3.63) is 22.4 Å². The Morgan fingerprint density at radius 3 is 2.50 bits per heavy atom. The van der Waals surface area contributed by atoms with E-state index >= 15 is 0 Å². The molecule has 1 aliphatic rings. The third kappa shape index (κ3) is 4.42. The van der Waals surface area contributed by atoms with E-state index < -0.39 is 11.9 Å². The van der Waals surface area contributed by atoms with Gasteiger partial charge in [0.05, 0.1) is 11.3 Å². The second-order valence-corrected chi connectivity index (χ2v) is 6.30. The lowest BCUT2D eigenvalue weighted by atomic mass is 9.98. The molecule has 0 spiro atoms. The van der Waals surface area contributed by atoms with Crippen molar-refractivity contribution >= 4 is 23.1 Å². The van der Waals surface area contributed by atoms with Crippen molar-refractivity contribution in [1.29, 1.82) is 0 Å². The van der Waals surface area contributed by atoms with Gasteiger partial charge in [-0.1, -0.05) is 18.9 Å². The van der Waals surface area contributed by atoms with E-state index in [9.17, 15) is 9.59 Å². The number of carboxylic acids is 1. The van der Waals surface area contributed by atoms with Gasteiger partial charge in [-0.3, -0.25) is 9.59 Å². The van der Waals surface area contributed by atoms with Gasteiger partial charge in [0, 0.05) is 12.5 Å². The number of thiophene rings is 1. The van der Waals surface area contributed by atoms with Gasteiger partial charge in [0.1, 0.15) is 0 Å². The first-order chi connectivity index (χ1) is 9.66. The number of rotatable bonds is 6. The summed E-state index contributed by atoms with van der Waals surface area (Å²) in [6, 6.07) is 3.62. The highest BCUT2D eigenvalue weighted by Gasteiger charge is 2.26. The molecule has 0 amide bonds. The molecule has 0 radical (unpaired) electrons. The first-order valence-corrected chi connectivity index (χ1v) is 8.06. The van der Waals surface area contributed by atoms with Gasteiger partial charge in [0.2, 0.25) is 0 Å². The fourth-order valence-corrected chi connectivity index (χ4v) is 3.45. The highest BCUT2D eigenvalue weighted by molar-refractivity contribution is 7.12. The van der Waals surface area contributed by atoms with E-state index in [1.807, 2.05) is 11.4 Å². The molecule has 5 heteroatoms. The van der Waals surface area contributed by atoms with Crippen LogP contribution in [0.1, 0.15) is 41.8 Å². The standard InChI is InChI=1S/C15H21NO3S/c17-14(18)10-12(15(19)13-6-5-9-20-13)11-16-7-3-1-2-4-8-16/h5-6,9,12H,1-4,7-8,10-11H2,(H,17,18). The molecule has 1 atom stereocenters. The van der Waals surface area contributed by atoms with Crippen molar-refractivity contribution in [2.24, 2.45) is 5.92 Å². The van der Waals surface area contributed by atoms with Crippen molar-refractivity contribution in [2.45, 2.75) is 32.1 Å². The van der Waals surface area contributed by atoms with E-state index in [1.165, 1.54) is 24.2 Å². The minimum Gasteiger partial charge on any atom is -0.481 e. The van der Waals surface area contributed by atoms with Crippen LogP contribution in [-0.2, 0) is 4.79 Å². The van der Waals surface area contributed by atoms with Crippen molar-refractivity contribution in [2.75, 3.05) is 19.6 Å². The Kier molecular flexibility index (Phi) is 5.73. The van der Waals surface area contributed by atoms with E-state index in [2.05, 4.69) is 4.90 Å². The average molecular weight is 295 g/mol. The number of likely N-dealkylation sites (tertiary alicyclic amines) is 1. The summed E-state index contributed by atoms with van der Waals surface area (Å²) in [5, 5.41) is 10.9. The minimum absolute atomic E-state index is 0.0216. The largest absolute Gasteiger partial charge is 0.481 e. The molecule has 1 N–H and O–H groups in total. The fourth-order valence-electron chi connectivity index (χ4n) is 2.70. The van der Waals surface area contributed by atoms with E-state index in [4.69, 9.17) is 5.11 Å². The number of carbonyl (C=O) groups is 2. The summed E-state index contributed by atoms with van der Waals surface area (Å²) in [6.45, 7) is 2.53. The first kappa shape index (κ1) is 15.2. The quantitative estimate of drug-likeness (QED) is 0.820. The molecule has 1 aliphatic heterocycles. The van der Waals surface area contributed by atoms with Crippen LogP contribution >= 0.6 is 11.3 Å². The molecule has 0 aromatic carbocycles. The van der Waals surface area contributed by atoms with E-state index in [0.717, 1.165) is 25.9 Å². The summed E-state index contributed by atoms with van der Waals surface area (Å²) in [6.07, 6.45) is 4.69. The van der Waals surface area contributed by atoms with Gasteiger partial charge in [0.25, 0.3) is 0 Å². The Bertz CT molecular complexity index is 436. The van der Waals surface area contributed by atoms with Gasteiger partial charge >= 0.3 is 5.97 Å². The Morgan fingerprint density at radius 2 is 1.95 bits per heavy atom. The van der Waals surface area contributed by atoms with Crippen LogP contribution in [-0.4, -0.2) is 41.4 Å². The zero-order valence-electron chi connectivity index (χ0n) is 11.6. The van der Waals surface area contributed by atoms with Crippen LogP contribution in [0.5, 0.6) is 0 Å². The molecule has 1 aromatic rings. The molecule has 110 valence electrons. The van der Waals surface area contributed by atoms with Crippen molar-refractivity contribution < 1.29 is 14.7 Å². The number of hydrogen-bond donors (Lipinski definition) is 1. The lowest BCUT2D eigenvalue weighted by Crippen LogP contribution is -2.35. The second kappa shape index (κ2) is 7.55. The molecular weight excluding hydrogens is 274 g/mol. The Morgan fingerprint density at radius 1 is 1.25 bits per heavy atom. The summed E-state index contributed by atoms with van der Waals surface area (Å²) >= 11 is 1.39. The smallest absolute Gasteiger partial charge is 0.304 e. The van der Waals surface area contributed by atoms with Gasteiger partial charge in [0.15, 0.2) is 5.78 Å². The maximum Gasteiger partial charge on any atom is 0.304 e. The lowest BCUT2D eigenvalue weighted by Gasteiger charge is -2.24. The molecule has 4 nitrogen and oxygen atoms in total.